The van der Waals surface area contributed by atoms with Crippen LogP contribution in [0.15, 0.2) is 119 Å². The average molecular weight is 2020 g/mol. The second-order valence-corrected chi connectivity index (χ2v) is 45.8. The lowest BCUT2D eigenvalue weighted by molar-refractivity contribution is -0.150. The number of esters is 4. The zero-order valence-corrected chi connectivity index (χ0v) is 91.8. The molecule has 24 heteroatoms. The Kier molecular flexibility index (Phi) is 41.9. The number of ether oxygens (including phenoxy) is 11. The number of allylic oxidation sites excluding steroid dienone is 10. The summed E-state index contributed by atoms with van der Waals surface area (Å²) in [5.74, 6) is 6.96. The van der Waals surface area contributed by atoms with Crippen molar-refractivity contribution in [3.05, 3.63) is 175 Å². The van der Waals surface area contributed by atoms with Crippen molar-refractivity contribution in [2.75, 3.05) is 46.1 Å². The molecule has 0 spiro atoms. The molecule has 0 bridgehead atoms. The SMILES string of the molecule is CCCCCc1cc(OC(=O)C(C)(CO)CO)c2c(c1)OC(C)(C)[C@@H]1CCC(C)=C[C@@H]21.CCCCCc1cc(OC(=O)CCN)c2c(c1)OC(C)(C)[C@@H]1CCC(C)=C[C@@H]21.CCCCCc1cc(OC(=O)CN)c2c(c1)OC(C)(C)[C@@H]1CCC(C)=C[C@@H]21.CCCCCc1cc(OC(=O)OC[C@@H](O)CO)c2c(c1)OC(C)(C)[C@@H]1CCC(C)=C[C@@H]21.CCCCCc1cc(OC(=O)[C@@H](O)CO)c2c(c1)OC(C)(C)[C@@H]1CCC(C)=C[C@@H]21. The molecular weight excluding hydrogens is 1850 g/mol. The summed E-state index contributed by atoms with van der Waals surface area (Å²) in [6, 6.07) is 20.5. The second-order valence-electron chi connectivity index (χ2n) is 45.8. The minimum Gasteiger partial charge on any atom is -0.487 e. The Balaban J connectivity index is 0.000000174. The van der Waals surface area contributed by atoms with Crippen molar-refractivity contribution in [3.8, 4) is 57.5 Å². The van der Waals surface area contributed by atoms with Gasteiger partial charge in [-0.25, -0.2) is 9.59 Å². The number of rotatable bonds is 36. The molecule has 0 fully saturated rings. The zero-order valence-electron chi connectivity index (χ0n) is 91.8. The van der Waals surface area contributed by atoms with Gasteiger partial charge in [-0.15, -0.1) is 0 Å². The van der Waals surface area contributed by atoms with Gasteiger partial charge in [-0.2, -0.15) is 0 Å². The van der Waals surface area contributed by atoms with Crippen LogP contribution in [0.3, 0.4) is 0 Å². The lowest BCUT2D eigenvalue weighted by Crippen LogP contribution is -2.45. The monoisotopic (exact) mass is 2020 g/mol. The van der Waals surface area contributed by atoms with E-state index < -0.39 is 68.1 Å². The van der Waals surface area contributed by atoms with Crippen molar-refractivity contribution in [2.24, 2.45) is 46.5 Å². The van der Waals surface area contributed by atoms with Gasteiger partial charge in [0, 0.05) is 93.5 Å². The predicted molar refractivity (Wildman–Crippen MR) is 574 cm³/mol. The van der Waals surface area contributed by atoms with Crippen molar-refractivity contribution < 1.29 is 107 Å². The Morgan fingerprint density at radius 1 is 0.370 bits per heavy atom. The molecule has 10 N–H and O–H groups in total. The Labute approximate surface area is 870 Å². The van der Waals surface area contributed by atoms with Gasteiger partial charge in [0.05, 0.1) is 39.4 Å². The fourth-order valence-electron chi connectivity index (χ4n) is 23.3. The highest BCUT2D eigenvalue weighted by atomic mass is 16.7. The maximum atomic E-state index is 12.9. The molecule has 0 aromatic heterocycles. The molecule has 0 saturated carbocycles. The van der Waals surface area contributed by atoms with Crippen LogP contribution in [-0.4, -0.2) is 147 Å². The van der Waals surface area contributed by atoms with Gasteiger partial charge in [-0.05, 0) is 328 Å². The highest BCUT2D eigenvalue weighted by molar-refractivity contribution is 5.81. The third-order valence-electron chi connectivity index (χ3n) is 31.7. The van der Waals surface area contributed by atoms with E-state index in [1.54, 1.807) is 0 Å². The van der Waals surface area contributed by atoms with Crippen LogP contribution in [0.1, 0.15) is 398 Å². The van der Waals surface area contributed by atoms with E-state index in [1.165, 1.54) is 66.0 Å². The van der Waals surface area contributed by atoms with Crippen molar-refractivity contribution in [3.63, 3.8) is 0 Å². The van der Waals surface area contributed by atoms with Gasteiger partial charge in [-0.1, -0.05) is 157 Å². The lowest BCUT2D eigenvalue weighted by atomic mass is 9.68. The summed E-state index contributed by atoms with van der Waals surface area (Å²) in [6.45, 7) is 42.6. The minimum atomic E-state index is -1.55. The number of unbranched alkanes of at least 4 members (excludes halogenated alkanes) is 10. The van der Waals surface area contributed by atoms with E-state index in [0.29, 0.717) is 47.1 Å². The van der Waals surface area contributed by atoms with Gasteiger partial charge in [0.15, 0.2) is 6.10 Å². The van der Waals surface area contributed by atoms with E-state index >= 15 is 0 Å². The molecule has 24 nitrogen and oxygen atoms in total. The summed E-state index contributed by atoms with van der Waals surface area (Å²) in [7, 11) is 0. The molecule has 5 aliphatic heterocycles. The molecule has 10 aliphatic rings. The molecule has 0 saturated heterocycles. The Hall–Kier alpha value is -9.37. The third kappa shape index (κ3) is 29.5. The molecular formula is C122H176N2O22. The molecule has 5 aromatic rings. The normalized spacial score (nSPS) is 22.7. The second kappa shape index (κ2) is 52.4. The number of aryl methyl sites for hydroxylation is 5. The Morgan fingerprint density at radius 2 is 0.630 bits per heavy atom. The van der Waals surface area contributed by atoms with Crippen LogP contribution in [0.2, 0.25) is 0 Å². The van der Waals surface area contributed by atoms with Crippen LogP contribution in [0.5, 0.6) is 57.5 Å². The number of aliphatic hydroxyl groups is 6. The number of benzene rings is 5. The first-order valence-electron chi connectivity index (χ1n) is 54.9. The highest BCUT2D eigenvalue weighted by Crippen LogP contribution is 2.61. The lowest BCUT2D eigenvalue weighted by Gasteiger charge is -2.46. The quantitative estimate of drug-likeness (QED) is 0.00607. The van der Waals surface area contributed by atoms with Crippen LogP contribution in [0.4, 0.5) is 4.79 Å². The van der Waals surface area contributed by atoms with E-state index in [1.807, 2.05) is 24.3 Å². The first-order chi connectivity index (χ1) is 69.4. The van der Waals surface area contributed by atoms with E-state index in [0.717, 1.165) is 246 Å². The van der Waals surface area contributed by atoms with E-state index in [2.05, 4.69) is 205 Å². The maximum Gasteiger partial charge on any atom is 0.513 e. The van der Waals surface area contributed by atoms with Crippen LogP contribution >= 0.6 is 0 Å². The van der Waals surface area contributed by atoms with Gasteiger partial charge >= 0.3 is 30.0 Å². The summed E-state index contributed by atoms with van der Waals surface area (Å²) >= 11 is 0. The number of nitrogens with two attached hydrogens (primary N) is 2. The number of hydrogen-bond acceptors (Lipinski definition) is 24. The first kappa shape index (κ1) is 117. The molecule has 5 aromatic carbocycles. The van der Waals surface area contributed by atoms with Crippen molar-refractivity contribution in [2.45, 2.75) is 414 Å². The van der Waals surface area contributed by atoms with E-state index in [4.69, 9.17) is 73.8 Å². The van der Waals surface area contributed by atoms with Crippen LogP contribution in [0, 0.1) is 35.0 Å². The van der Waals surface area contributed by atoms with Crippen LogP contribution in [0.25, 0.3) is 0 Å². The third-order valence-corrected chi connectivity index (χ3v) is 31.7. The number of carbonyl (C=O) groups excluding carboxylic acids is 5. The molecule has 146 heavy (non-hydrogen) atoms. The van der Waals surface area contributed by atoms with E-state index in [-0.39, 0.29) is 101 Å². The number of fused-ring (bicyclic) bond motifs is 15. The van der Waals surface area contributed by atoms with Gasteiger partial charge in [0.25, 0.3) is 0 Å². The summed E-state index contributed by atoms with van der Waals surface area (Å²) in [5, 5.41) is 56.6. The van der Waals surface area contributed by atoms with Gasteiger partial charge in [0.2, 0.25) is 0 Å². The van der Waals surface area contributed by atoms with Crippen molar-refractivity contribution in [1.29, 1.82) is 0 Å². The molecule has 806 valence electrons. The Morgan fingerprint density at radius 3 is 0.877 bits per heavy atom. The van der Waals surface area contributed by atoms with Crippen molar-refractivity contribution >= 4 is 30.0 Å². The van der Waals surface area contributed by atoms with Gasteiger partial charge in [-0.3, -0.25) is 14.4 Å². The van der Waals surface area contributed by atoms with Crippen molar-refractivity contribution in [1.82, 2.24) is 0 Å². The van der Waals surface area contributed by atoms with E-state index in [9.17, 15) is 44.4 Å². The topological polar surface area (TPSA) is 360 Å². The average Bonchev–Trinajstić information content (AvgIpc) is 0.758. The number of aliphatic hydroxyl groups excluding tert-OH is 6. The zero-order chi connectivity index (χ0) is 107. The van der Waals surface area contributed by atoms with Gasteiger partial charge < -0.3 is 94.2 Å². The molecule has 5 heterocycles. The minimum absolute atomic E-state index is 0.0984. The fourth-order valence-corrected chi connectivity index (χ4v) is 23.3. The van der Waals surface area contributed by atoms with Gasteiger partial charge in [0.1, 0.15) is 104 Å². The molecule has 0 amide bonds. The molecule has 5 aliphatic carbocycles. The highest BCUT2D eigenvalue weighted by Gasteiger charge is 2.53. The largest absolute Gasteiger partial charge is 0.513 e. The summed E-state index contributed by atoms with van der Waals surface area (Å²) in [4.78, 5) is 61.8. The standard InChI is InChI=1S/C26H38O5.C25H36O6.C24H35NO3.C24H34O5.C23H33NO3/c1-6-7-8-9-18-13-21(30-24(29)26(5,15-27)16-28)23-19-12-17(2)10-11-20(19)25(3,4)31-22(23)14-18;1-5-6-7-8-17-12-21(30-24(28)29-15-18(27)14-26)23-19-11-16(2)9-10-20(19)25(3,4)31-22(23)13-17;1-5-6-7-8-17-14-20(27-22(26)11-12-25)23-18-13-16(2)9-10-19(18)24(3,4)28-21(23)15-17;1-5-6-7-8-16-12-20(28-23(27)19(26)14-25)22-17-11-15(2)9-10-18(17)24(3,4)29-21(22)13-16;1-5-6-7-8-16-12-19(26-21(25)14-24)22-17-11-15(2)9-10-18(17)23(3,4)27-20(22)13-16/h12-14,19-20,27-28H,6-11,15-16H2,1-5H3;11-13,18-20,26-27H,5-10,14-15H2,1-4H3;13-15,18-19H,5-12,25H2,1-4H3;11-13,17-19,25-26H,5-10,14H2,1-4H3;11-13,17-18H,5-10,14,24H2,1-4H3/t19-,20-;18-,19+,20+;18-,19-;17-,18-,19+;17-,18-/m10111/s1. The van der Waals surface area contributed by atoms with Crippen LogP contribution in [-0.2, 0) is 56.0 Å². The number of hydrogen-bond donors (Lipinski definition) is 8. The predicted octanol–water partition coefficient (Wildman–Crippen LogP) is 24.3. The van der Waals surface area contributed by atoms with Crippen LogP contribution < -0.4 is 58.8 Å². The summed E-state index contributed by atoms with van der Waals surface area (Å²) in [5.41, 5.74) is 25.3. The first-order valence-corrected chi connectivity index (χ1v) is 54.9. The maximum absolute atomic E-state index is 12.9. The molecule has 0 unspecified atom stereocenters. The summed E-state index contributed by atoms with van der Waals surface area (Å²) in [6.07, 6.45) is 40.3. The molecule has 12 atom stereocenters. The smallest absolute Gasteiger partial charge is 0.487 e. The molecule has 0 radical (unpaired) electrons. The number of carbonyl (C=O) groups is 5. The molecule has 15 rings (SSSR count). The Bertz CT molecular complexity index is 5450. The summed E-state index contributed by atoms with van der Waals surface area (Å²) < 4.78 is 66.1. The fraction of sp³-hybridized carbons (Fsp3) is 0.631.